The number of amides is 1. The molecule has 2 heteroatoms. The van der Waals surface area contributed by atoms with Gasteiger partial charge in [-0.15, -0.1) is 0 Å². The average molecular weight is 163 g/mol. The molecule has 0 bridgehead atoms. The molecule has 0 radical (unpaired) electrons. The van der Waals surface area contributed by atoms with Crippen LogP contribution in [0.15, 0.2) is 23.8 Å². The average Bonchev–Trinajstić information content (AvgIpc) is 2.17. The maximum atomic E-state index is 10.5. The molecule has 0 N–H and O–H groups in total. The highest BCUT2D eigenvalue weighted by Gasteiger charge is 2.22. The number of likely N-dealkylation sites (tertiary alicyclic amines) is 1. The normalized spacial score (nSPS) is 27.8. The summed E-state index contributed by atoms with van der Waals surface area (Å²) in [7, 11) is 0. The Morgan fingerprint density at radius 2 is 2.50 bits per heavy atom. The highest BCUT2D eigenvalue weighted by Crippen LogP contribution is 2.28. The van der Waals surface area contributed by atoms with Gasteiger partial charge >= 0.3 is 0 Å². The van der Waals surface area contributed by atoms with Crippen LogP contribution in [-0.4, -0.2) is 24.4 Å². The number of hydrogen-bond acceptors (Lipinski definition) is 1. The van der Waals surface area contributed by atoms with Crippen LogP contribution in [0.4, 0.5) is 0 Å². The molecule has 0 saturated carbocycles. The third-order valence-corrected chi connectivity index (χ3v) is 2.69. The molecule has 2 aliphatic rings. The SMILES string of the molecule is O=CN1CCC2CC=CC=C2C1. The summed E-state index contributed by atoms with van der Waals surface area (Å²) in [6.45, 7) is 1.78. The van der Waals surface area contributed by atoms with Crippen LogP contribution in [0.1, 0.15) is 12.8 Å². The molecule has 1 amide bonds. The molecule has 1 heterocycles. The summed E-state index contributed by atoms with van der Waals surface area (Å²) in [4.78, 5) is 12.4. The summed E-state index contributed by atoms with van der Waals surface area (Å²) in [5, 5.41) is 0. The Balaban J connectivity index is 2.10. The first-order chi connectivity index (χ1) is 5.90. The van der Waals surface area contributed by atoms with Gasteiger partial charge in [0.1, 0.15) is 0 Å². The summed E-state index contributed by atoms with van der Waals surface area (Å²) in [6, 6.07) is 0. The van der Waals surface area contributed by atoms with Crippen molar-refractivity contribution < 1.29 is 4.79 Å². The molecular formula is C10H13NO. The molecule has 12 heavy (non-hydrogen) atoms. The van der Waals surface area contributed by atoms with E-state index in [1.54, 1.807) is 0 Å². The first kappa shape index (κ1) is 7.59. The molecule has 0 spiro atoms. The Morgan fingerprint density at radius 1 is 1.58 bits per heavy atom. The molecule has 2 rings (SSSR count). The number of rotatable bonds is 1. The van der Waals surface area contributed by atoms with Crippen LogP contribution in [0.25, 0.3) is 0 Å². The first-order valence-corrected chi connectivity index (χ1v) is 4.45. The predicted molar refractivity (Wildman–Crippen MR) is 47.6 cm³/mol. The number of allylic oxidation sites excluding steroid dienone is 3. The number of carbonyl (C=O) groups excluding carboxylic acids is 1. The molecular weight excluding hydrogens is 150 g/mol. The third-order valence-electron chi connectivity index (χ3n) is 2.69. The van der Waals surface area contributed by atoms with Gasteiger partial charge in [0.2, 0.25) is 6.41 Å². The number of hydrogen-bond donors (Lipinski definition) is 0. The molecule has 0 aromatic heterocycles. The summed E-state index contributed by atoms with van der Waals surface area (Å²) < 4.78 is 0. The standard InChI is InChI=1S/C10H13NO/c12-8-11-6-5-9-3-1-2-4-10(9)7-11/h1-2,4,8-9H,3,5-7H2. The van der Waals surface area contributed by atoms with E-state index in [4.69, 9.17) is 0 Å². The summed E-state index contributed by atoms with van der Waals surface area (Å²) >= 11 is 0. The van der Waals surface area contributed by atoms with Crippen LogP contribution in [0.5, 0.6) is 0 Å². The zero-order valence-electron chi connectivity index (χ0n) is 7.07. The molecule has 64 valence electrons. The van der Waals surface area contributed by atoms with Crippen LogP contribution < -0.4 is 0 Å². The number of carbonyl (C=O) groups is 1. The van der Waals surface area contributed by atoms with E-state index in [0.717, 1.165) is 25.9 Å². The van der Waals surface area contributed by atoms with Crippen LogP contribution in [-0.2, 0) is 4.79 Å². The maximum absolute atomic E-state index is 10.5. The second-order valence-corrected chi connectivity index (χ2v) is 3.47. The van der Waals surface area contributed by atoms with E-state index in [9.17, 15) is 4.79 Å². The number of fused-ring (bicyclic) bond motifs is 1. The topological polar surface area (TPSA) is 20.3 Å². The van der Waals surface area contributed by atoms with Gasteiger partial charge in [0.05, 0.1) is 0 Å². The fraction of sp³-hybridized carbons (Fsp3) is 0.500. The number of nitrogens with zero attached hydrogens (tertiary/aromatic N) is 1. The van der Waals surface area contributed by atoms with Crippen molar-refractivity contribution in [2.45, 2.75) is 12.8 Å². The van der Waals surface area contributed by atoms with E-state index in [-0.39, 0.29) is 0 Å². The largest absolute Gasteiger partial charge is 0.341 e. The van der Waals surface area contributed by atoms with Crippen molar-refractivity contribution in [3.8, 4) is 0 Å². The Hall–Kier alpha value is -1.05. The zero-order valence-corrected chi connectivity index (χ0v) is 7.07. The van der Waals surface area contributed by atoms with Gasteiger partial charge in [-0.25, -0.2) is 0 Å². The molecule has 1 aliphatic heterocycles. The molecule has 1 aliphatic carbocycles. The Labute approximate surface area is 72.6 Å². The predicted octanol–water partition coefficient (Wildman–Crippen LogP) is 1.35. The van der Waals surface area contributed by atoms with E-state index in [0.29, 0.717) is 5.92 Å². The highest BCUT2D eigenvalue weighted by atomic mass is 16.1. The fourth-order valence-electron chi connectivity index (χ4n) is 1.93. The van der Waals surface area contributed by atoms with Gasteiger partial charge in [0.25, 0.3) is 0 Å². The molecule has 1 fully saturated rings. The van der Waals surface area contributed by atoms with E-state index in [1.165, 1.54) is 12.0 Å². The van der Waals surface area contributed by atoms with Crippen molar-refractivity contribution in [2.75, 3.05) is 13.1 Å². The monoisotopic (exact) mass is 163 g/mol. The molecule has 0 aromatic rings. The van der Waals surface area contributed by atoms with Gasteiger partial charge in [-0.2, -0.15) is 0 Å². The Morgan fingerprint density at radius 3 is 3.33 bits per heavy atom. The summed E-state index contributed by atoms with van der Waals surface area (Å²) in [5.74, 6) is 0.714. The van der Waals surface area contributed by atoms with Gasteiger partial charge in [0.15, 0.2) is 0 Å². The van der Waals surface area contributed by atoms with Crippen molar-refractivity contribution in [1.82, 2.24) is 4.90 Å². The lowest BCUT2D eigenvalue weighted by Crippen LogP contribution is -2.34. The molecule has 1 atom stereocenters. The van der Waals surface area contributed by atoms with Crippen LogP contribution >= 0.6 is 0 Å². The van der Waals surface area contributed by atoms with E-state index >= 15 is 0 Å². The minimum Gasteiger partial charge on any atom is -0.341 e. The highest BCUT2D eigenvalue weighted by molar-refractivity contribution is 5.49. The van der Waals surface area contributed by atoms with Crippen LogP contribution in [0, 0.1) is 5.92 Å². The van der Waals surface area contributed by atoms with Crippen LogP contribution in [0.3, 0.4) is 0 Å². The van der Waals surface area contributed by atoms with Gasteiger partial charge in [-0.05, 0) is 24.3 Å². The van der Waals surface area contributed by atoms with E-state index < -0.39 is 0 Å². The summed E-state index contributed by atoms with van der Waals surface area (Å²) in [6.07, 6.45) is 9.72. The van der Waals surface area contributed by atoms with Crippen molar-refractivity contribution in [3.05, 3.63) is 23.8 Å². The lowest BCUT2D eigenvalue weighted by Gasteiger charge is -2.32. The quantitative estimate of drug-likeness (QED) is 0.534. The van der Waals surface area contributed by atoms with Gasteiger partial charge in [0, 0.05) is 13.1 Å². The minimum absolute atomic E-state index is 0.714. The van der Waals surface area contributed by atoms with Gasteiger partial charge in [-0.1, -0.05) is 18.2 Å². The van der Waals surface area contributed by atoms with Gasteiger partial charge in [-0.3, -0.25) is 4.79 Å². The lowest BCUT2D eigenvalue weighted by molar-refractivity contribution is -0.118. The smallest absolute Gasteiger partial charge is 0.209 e. The second kappa shape index (κ2) is 3.13. The van der Waals surface area contributed by atoms with Crippen molar-refractivity contribution in [2.24, 2.45) is 5.92 Å². The fourth-order valence-corrected chi connectivity index (χ4v) is 1.93. The molecule has 1 unspecified atom stereocenters. The van der Waals surface area contributed by atoms with E-state index in [2.05, 4.69) is 18.2 Å². The lowest BCUT2D eigenvalue weighted by atomic mass is 9.86. The first-order valence-electron chi connectivity index (χ1n) is 4.45. The zero-order chi connectivity index (χ0) is 8.39. The second-order valence-electron chi connectivity index (χ2n) is 3.47. The van der Waals surface area contributed by atoms with Crippen molar-refractivity contribution in [3.63, 3.8) is 0 Å². The van der Waals surface area contributed by atoms with E-state index in [1.807, 2.05) is 4.90 Å². The van der Waals surface area contributed by atoms with Crippen molar-refractivity contribution >= 4 is 6.41 Å². The Kier molecular flexibility index (Phi) is 1.98. The summed E-state index contributed by atoms with van der Waals surface area (Å²) in [5.41, 5.74) is 1.43. The van der Waals surface area contributed by atoms with Crippen molar-refractivity contribution in [1.29, 1.82) is 0 Å². The molecule has 2 nitrogen and oxygen atoms in total. The third kappa shape index (κ3) is 1.29. The minimum atomic E-state index is 0.714. The number of piperidine rings is 1. The molecule has 0 aromatic carbocycles. The Bertz CT molecular complexity index is 242. The van der Waals surface area contributed by atoms with Crippen LogP contribution in [0.2, 0.25) is 0 Å². The molecule has 1 saturated heterocycles. The van der Waals surface area contributed by atoms with Gasteiger partial charge < -0.3 is 4.90 Å². The maximum Gasteiger partial charge on any atom is 0.209 e.